The molecule has 0 saturated heterocycles. The lowest BCUT2D eigenvalue weighted by Crippen LogP contribution is -2.52. The van der Waals surface area contributed by atoms with Gasteiger partial charge < -0.3 is 10.2 Å². The number of anilines is 1. The molecule has 0 aliphatic rings. The molecule has 11 heteroatoms. The van der Waals surface area contributed by atoms with E-state index in [-0.39, 0.29) is 28.1 Å². The van der Waals surface area contributed by atoms with Gasteiger partial charge in [0, 0.05) is 23.1 Å². The maximum atomic E-state index is 14.0. The van der Waals surface area contributed by atoms with Gasteiger partial charge in [0.1, 0.15) is 12.6 Å². The van der Waals surface area contributed by atoms with Gasteiger partial charge in [0.25, 0.3) is 10.0 Å². The molecule has 1 N–H and O–H groups in total. The molecule has 0 fully saturated rings. The van der Waals surface area contributed by atoms with Crippen molar-refractivity contribution >= 4 is 62.3 Å². The summed E-state index contributed by atoms with van der Waals surface area (Å²) in [4.78, 5) is 28.3. The van der Waals surface area contributed by atoms with E-state index in [9.17, 15) is 18.0 Å². The van der Waals surface area contributed by atoms with Crippen LogP contribution in [0.1, 0.15) is 31.4 Å². The highest BCUT2D eigenvalue weighted by molar-refractivity contribution is 7.92. The van der Waals surface area contributed by atoms with E-state index >= 15 is 0 Å². The summed E-state index contributed by atoms with van der Waals surface area (Å²) in [5.41, 5.74) is 1.58. The van der Waals surface area contributed by atoms with Gasteiger partial charge in [-0.15, -0.1) is 0 Å². The molecule has 1 atom stereocenters. The standard InChI is InChI=1S/C28H30Cl3N3O4S/c1-4-25(28(36)32-5-2)33(17-20-12-13-21(29)16-24(20)31)27(35)18-34(26-9-7-6-8-23(26)30)39(37,38)22-14-10-19(3)11-15-22/h6-16,25H,4-5,17-18H2,1-3H3,(H,32,36)/t25-/m1/s1. The average molecular weight is 611 g/mol. The summed E-state index contributed by atoms with van der Waals surface area (Å²) in [7, 11) is -4.21. The predicted octanol–water partition coefficient (Wildman–Crippen LogP) is 6.09. The molecule has 2 amide bonds. The number of rotatable bonds is 11. The molecule has 7 nitrogen and oxygen atoms in total. The summed E-state index contributed by atoms with van der Waals surface area (Å²) in [6.07, 6.45) is 0.291. The third-order valence-electron chi connectivity index (χ3n) is 6.10. The van der Waals surface area contributed by atoms with Gasteiger partial charge in [-0.25, -0.2) is 8.42 Å². The molecule has 0 unspecified atom stereocenters. The van der Waals surface area contributed by atoms with Crippen molar-refractivity contribution in [2.75, 3.05) is 17.4 Å². The summed E-state index contributed by atoms with van der Waals surface area (Å²) in [5, 5.41) is 3.66. The molecule has 0 saturated carbocycles. The Balaban J connectivity index is 2.09. The predicted molar refractivity (Wildman–Crippen MR) is 157 cm³/mol. The second kappa shape index (κ2) is 13.5. The van der Waals surface area contributed by atoms with Crippen LogP contribution in [0.25, 0.3) is 0 Å². The molecule has 3 rings (SSSR count). The lowest BCUT2D eigenvalue weighted by Gasteiger charge is -2.33. The van der Waals surface area contributed by atoms with Gasteiger partial charge in [0.05, 0.1) is 15.6 Å². The molecule has 0 heterocycles. The smallest absolute Gasteiger partial charge is 0.264 e. The van der Waals surface area contributed by atoms with E-state index in [0.717, 1.165) is 9.87 Å². The number of nitrogens with one attached hydrogen (secondary N) is 1. The monoisotopic (exact) mass is 609 g/mol. The molecule has 0 aromatic heterocycles. The van der Waals surface area contributed by atoms with Crippen molar-refractivity contribution in [2.24, 2.45) is 0 Å². The summed E-state index contributed by atoms with van der Waals surface area (Å²) in [5.74, 6) is -0.959. The minimum atomic E-state index is -4.21. The normalized spacial score (nSPS) is 12.1. The Morgan fingerprint density at radius 3 is 2.18 bits per heavy atom. The van der Waals surface area contributed by atoms with Crippen LogP contribution in [0.3, 0.4) is 0 Å². The Labute approximate surface area is 244 Å². The van der Waals surface area contributed by atoms with Gasteiger partial charge in [-0.05, 0) is 62.2 Å². The number of aryl methyl sites for hydroxylation is 1. The topological polar surface area (TPSA) is 86.8 Å². The molecule has 3 aromatic carbocycles. The number of carbonyl (C=O) groups is 2. The van der Waals surface area contributed by atoms with Gasteiger partial charge in [-0.1, -0.05) is 77.6 Å². The molecule has 0 aliphatic heterocycles. The van der Waals surface area contributed by atoms with Crippen LogP contribution in [0, 0.1) is 6.92 Å². The molecular weight excluding hydrogens is 581 g/mol. The first-order chi connectivity index (χ1) is 18.5. The number of benzene rings is 3. The molecule has 0 radical (unpaired) electrons. The Morgan fingerprint density at radius 2 is 1.59 bits per heavy atom. The van der Waals surface area contributed by atoms with Crippen LogP contribution >= 0.6 is 34.8 Å². The Hall–Kier alpha value is -2.78. The molecular formula is C28H30Cl3N3O4S. The van der Waals surface area contributed by atoms with E-state index in [4.69, 9.17) is 34.8 Å². The molecule has 0 bridgehead atoms. The first kappa shape index (κ1) is 30.8. The van der Waals surface area contributed by atoms with Crippen molar-refractivity contribution in [2.45, 2.75) is 44.7 Å². The van der Waals surface area contributed by atoms with Crippen LogP contribution in [0.15, 0.2) is 71.6 Å². The minimum absolute atomic E-state index is 0.00360. The number of carbonyl (C=O) groups excluding carboxylic acids is 2. The van der Waals surface area contributed by atoms with Crippen molar-refractivity contribution in [3.8, 4) is 0 Å². The number of hydrogen-bond acceptors (Lipinski definition) is 4. The number of nitrogens with zero attached hydrogens (tertiary/aromatic N) is 2. The van der Waals surface area contributed by atoms with E-state index in [2.05, 4.69) is 5.32 Å². The SMILES string of the molecule is CCNC(=O)[C@@H](CC)N(Cc1ccc(Cl)cc1Cl)C(=O)CN(c1ccccc1Cl)S(=O)(=O)c1ccc(C)cc1. The average Bonchev–Trinajstić information content (AvgIpc) is 2.89. The highest BCUT2D eigenvalue weighted by atomic mass is 35.5. The van der Waals surface area contributed by atoms with Crippen molar-refractivity contribution in [3.63, 3.8) is 0 Å². The van der Waals surface area contributed by atoms with Crippen LogP contribution in [0.2, 0.25) is 15.1 Å². The fraction of sp³-hybridized carbons (Fsp3) is 0.286. The first-order valence-corrected chi connectivity index (χ1v) is 14.9. The molecule has 0 aliphatic carbocycles. The number of likely N-dealkylation sites (N-methyl/N-ethyl adjacent to an activating group) is 1. The molecule has 3 aromatic rings. The first-order valence-electron chi connectivity index (χ1n) is 12.3. The van der Waals surface area contributed by atoms with Crippen LogP contribution < -0.4 is 9.62 Å². The molecule has 39 heavy (non-hydrogen) atoms. The maximum absolute atomic E-state index is 14.0. The van der Waals surface area contributed by atoms with E-state index in [0.29, 0.717) is 28.6 Å². The van der Waals surface area contributed by atoms with Crippen molar-refractivity contribution in [1.29, 1.82) is 0 Å². The number of para-hydroxylation sites is 1. The quantitative estimate of drug-likeness (QED) is 0.285. The van der Waals surface area contributed by atoms with Crippen LogP contribution in [-0.2, 0) is 26.2 Å². The van der Waals surface area contributed by atoms with Gasteiger partial charge in [0.15, 0.2) is 0 Å². The zero-order valence-electron chi connectivity index (χ0n) is 21.8. The Morgan fingerprint density at radius 1 is 0.923 bits per heavy atom. The van der Waals surface area contributed by atoms with Crippen LogP contribution in [0.5, 0.6) is 0 Å². The zero-order valence-corrected chi connectivity index (χ0v) is 24.9. The summed E-state index contributed by atoms with van der Waals surface area (Å²) in [6.45, 7) is 5.13. The highest BCUT2D eigenvalue weighted by Gasteiger charge is 2.34. The van der Waals surface area contributed by atoms with E-state index < -0.39 is 28.5 Å². The lowest BCUT2D eigenvalue weighted by atomic mass is 10.1. The third-order valence-corrected chi connectivity index (χ3v) is 8.78. The maximum Gasteiger partial charge on any atom is 0.264 e. The second-order valence-electron chi connectivity index (χ2n) is 8.85. The van der Waals surface area contributed by atoms with Crippen molar-refractivity contribution in [1.82, 2.24) is 10.2 Å². The second-order valence-corrected chi connectivity index (χ2v) is 12.0. The summed E-state index contributed by atoms with van der Waals surface area (Å²) < 4.78 is 28.7. The number of hydrogen-bond donors (Lipinski definition) is 1. The molecule has 0 spiro atoms. The van der Waals surface area contributed by atoms with E-state index in [1.54, 1.807) is 62.4 Å². The van der Waals surface area contributed by atoms with Crippen molar-refractivity contribution < 1.29 is 18.0 Å². The third kappa shape index (κ3) is 7.45. The summed E-state index contributed by atoms with van der Waals surface area (Å²) >= 11 is 18.9. The lowest BCUT2D eigenvalue weighted by molar-refractivity contribution is -0.140. The largest absolute Gasteiger partial charge is 0.355 e. The Kier molecular flexibility index (Phi) is 10.7. The van der Waals surface area contributed by atoms with E-state index in [1.165, 1.54) is 23.1 Å². The summed E-state index contributed by atoms with van der Waals surface area (Å²) in [6, 6.07) is 16.7. The van der Waals surface area contributed by atoms with Crippen LogP contribution in [0.4, 0.5) is 5.69 Å². The minimum Gasteiger partial charge on any atom is -0.355 e. The van der Waals surface area contributed by atoms with Crippen LogP contribution in [-0.4, -0.2) is 44.3 Å². The van der Waals surface area contributed by atoms with Crippen molar-refractivity contribution in [3.05, 3.63) is 92.9 Å². The highest BCUT2D eigenvalue weighted by Crippen LogP contribution is 2.31. The van der Waals surface area contributed by atoms with Gasteiger partial charge in [-0.3, -0.25) is 13.9 Å². The van der Waals surface area contributed by atoms with Gasteiger partial charge >= 0.3 is 0 Å². The molecule has 208 valence electrons. The van der Waals surface area contributed by atoms with E-state index in [1.807, 2.05) is 6.92 Å². The van der Waals surface area contributed by atoms with Gasteiger partial charge in [0.2, 0.25) is 11.8 Å². The Bertz CT molecular complexity index is 1430. The number of amides is 2. The number of halogens is 3. The number of sulfonamides is 1. The van der Waals surface area contributed by atoms with Gasteiger partial charge in [-0.2, -0.15) is 0 Å². The zero-order chi connectivity index (χ0) is 28.7. The fourth-order valence-electron chi connectivity index (χ4n) is 4.05. The fourth-order valence-corrected chi connectivity index (χ4v) is 6.24.